The van der Waals surface area contributed by atoms with Gasteiger partial charge in [0.15, 0.2) is 0 Å². The van der Waals surface area contributed by atoms with Gasteiger partial charge in [0.1, 0.15) is 0 Å². The van der Waals surface area contributed by atoms with E-state index in [1.165, 1.54) is 15.0 Å². The van der Waals surface area contributed by atoms with E-state index in [4.69, 9.17) is 10.0 Å². The van der Waals surface area contributed by atoms with Gasteiger partial charge in [-0.2, -0.15) is 0 Å². The summed E-state index contributed by atoms with van der Waals surface area (Å²) in [6, 6.07) is 17.7. The van der Waals surface area contributed by atoms with E-state index in [-0.39, 0.29) is 0 Å². The summed E-state index contributed by atoms with van der Waals surface area (Å²) in [4.78, 5) is 1.19. The molecule has 0 unspecified atom stereocenters. The highest BCUT2D eigenvalue weighted by Gasteiger charge is 2.10. The van der Waals surface area contributed by atoms with Crippen molar-refractivity contribution in [2.45, 2.75) is 0 Å². The molecule has 3 aromatic rings. The van der Waals surface area contributed by atoms with E-state index in [9.17, 15) is 0 Å². The topological polar surface area (TPSA) is 40.5 Å². The predicted molar refractivity (Wildman–Crippen MR) is 77.1 cm³/mol. The summed E-state index contributed by atoms with van der Waals surface area (Å²) in [5.41, 5.74) is 1.61. The Kier molecular flexibility index (Phi) is 2.92. The first-order valence-corrected chi connectivity index (χ1v) is 6.51. The average Bonchev–Trinajstić information content (AvgIpc) is 2.82. The average molecular weight is 254 g/mol. The van der Waals surface area contributed by atoms with Crippen LogP contribution in [0.4, 0.5) is 0 Å². The molecule has 0 spiro atoms. The van der Waals surface area contributed by atoms with Gasteiger partial charge >= 0.3 is 7.12 Å². The quantitative estimate of drug-likeness (QED) is 0.688. The summed E-state index contributed by atoms with van der Waals surface area (Å²) in [6.45, 7) is 0. The lowest BCUT2D eigenvalue weighted by atomic mass is 9.80. The second kappa shape index (κ2) is 4.57. The molecule has 0 aliphatic carbocycles. The molecule has 0 aliphatic heterocycles. The molecular formula is C14H11BO2S. The first kappa shape index (κ1) is 11.5. The Labute approximate surface area is 109 Å². The van der Waals surface area contributed by atoms with Gasteiger partial charge in [0.25, 0.3) is 0 Å². The van der Waals surface area contributed by atoms with Crippen molar-refractivity contribution in [3.05, 3.63) is 54.6 Å². The number of thiophene rings is 1. The molecule has 4 heteroatoms. The molecule has 0 saturated heterocycles. The van der Waals surface area contributed by atoms with Crippen molar-refractivity contribution in [1.82, 2.24) is 0 Å². The Morgan fingerprint density at radius 1 is 0.889 bits per heavy atom. The van der Waals surface area contributed by atoms with Crippen molar-refractivity contribution < 1.29 is 10.0 Å². The lowest BCUT2D eigenvalue weighted by molar-refractivity contribution is 0.426. The molecule has 0 fully saturated rings. The summed E-state index contributed by atoms with van der Waals surface area (Å²) in [5.74, 6) is 0. The molecule has 2 N–H and O–H groups in total. The number of rotatable bonds is 2. The van der Waals surface area contributed by atoms with Gasteiger partial charge in [-0.15, -0.1) is 11.3 Å². The highest BCUT2D eigenvalue weighted by atomic mass is 32.1. The lowest BCUT2D eigenvalue weighted by Crippen LogP contribution is -2.29. The minimum atomic E-state index is -1.40. The van der Waals surface area contributed by atoms with Crippen LogP contribution in [0, 0.1) is 0 Å². The van der Waals surface area contributed by atoms with Crippen molar-refractivity contribution >= 4 is 34.0 Å². The Morgan fingerprint density at radius 2 is 1.61 bits per heavy atom. The van der Waals surface area contributed by atoms with Gasteiger partial charge in [-0.25, -0.2) is 0 Å². The molecule has 1 aromatic heterocycles. The Balaban J connectivity index is 2.03. The minimum Gasteiger partial charge on any atom is -0.423 e. The minimum absolute atomic E-state index is 0.514. The monoisotopic (exact) mass is 254 g/mol. The van der Waals surface area contributed by atoms with Gasteiger partial charge in [-0.3, -0.25) is 0 Å². The highest BCUT2D eigenvalue weighted by molar-refractivity contribution is 7.22. The normalized spacial score (nSPS) is 10.8. The zero-order valence-corrected chi connectivity index (χ0v) is 10.4. The van der Waals surface area contributed by atoms with Gasteiger partial charge in [-0.05, 0) is 28.5 Å². The Morgan fingerprint density at radius 3 is 2.28 bits per heavy atom. The zero-order valence-electron chi connectivity index (χ0n) is 9.58. The van der Waals surface area contributed by atoms with E-state index in [2.05, 4.69) is 18.2 Å². The summed E-state index contributed by atoms with van der Waals surface area (Å²) < 4.78 is 1.26. The highest BCUT2D eigenvalue weighted by Crippen LogP contribution is 2.32. The maximum absolute atomic E-state index is 9.06. The summed E-state index contributed by atoms with van der Waals surface area (Å²) in [7, 11) is -1.40. The number of hydrogen-bond acceptors (Lipinski definition) is 3. The van der Waals surface area contributed by atoms with Crippen molar-refractivity contribution in [3.8, 4) is 10.4 Å². The molecule has 88 valence electrons. The van der Waals surface area contributed by atoms with Crippen LogP contribution in [0.2, 0.25) is 0 Å². The molecule has 0 amide bonds. The fraction of sp³-hybridized carbons (Fsp3) is 0. The molecule has 2 aromatic carbocycles. The maximum atomic E-state index is 9.06. The van der Waals surface area contributed by atoms with Gasteiger partial charge in [0.05, 0.1) is 0 Å². The van der Waals surface area contributed by atoms with Crippen LogP contribution in [0.25, 0.3) is 20.5 Å². The van der Waals surface area contributed by atoms with Crippen molar-refractivity contribution in [2.24, 2.45) is 0 Å². The maximum Gasteiger partial charge on any atom is 0.488 e. The van der Waals surface area contributed by atoms with E-state index in [0.717, 1.165) is 5.56 Å². The smallest absolute Gasteiger partial charge is 0.423 e. The second-order valence-electron chi connectivity index (χ2n) is 4.14. The summed E-state index contributed by atoms with van der Waals surface area (Å²) in [6.07, 6.45) is 0. The van der Waals surface area contributed by atoms with Crippen molar-refractivity contribution in [1.29, 1.82) is 0 Å². The molecule has 0 aliphatic rings. The molecule has 2 nitrogen and oxygen atoms in total. The third-order valence-electron chi connectivity index (χ3n) is 2.92. The Bertz CT molecular complexity index is 641. The van der Waals surface area contributed by atoms with Crippen LogP contribution in [-0.2, 0) is 0 Å². The van der Waals surface area contributed by atoms with Gasteiger partial charge in [0, 0.05) is 9.58 Å². The number of hydrogen-bond donors (Lipinski definition) is 2. The molecule has 3 rings (SSSR count). The predicted octanol–water partition coefficient (Wildman–Crippen LogP) is 2.25. The third kappa shape index (κ3) is 2.06. The molecule has 0 radical (unpaired) electrons. The van der Waals surface area contributed by atoms with Crippen molar-refractivity contribution in [3.63, 3.8) is 0 Å². The van der Waals surface area contributed by atoms with Crippen LogP contribution in [0.3, 0.4) is 0 Å². The molecule has 0 bridgehead atoms. The second-order valence-corrected chi connectivity index (χ2v) is 5.23. The Hall–Kier alpha value is -1.62. The van der Waals surface area contributed by atoms with Crippen LogP contribution in [0.5, 0.6) is 0 Å². The van der Waals surface area contributed by atoms with Crippen molar-refractivity contribution in [2.75, 3.05) is 0 Å². The van der Waals surface area contributed by atoms with Crippen LogP contribution >= 0.6 is 11.3 Å². The molecule has 0 saturated carbocycles. The van der Waals surface area contributed by atoms with E-state index in [1.54, 1.807) is 23.5 Å². The lowest BCUT2D eigenvalue weighted by Gasteiger charge is -2.00. The fourth-order valence-corrected chi connectivity index (χ4v) is 3.01. The zero-order chi connectivity index (χ0) is 12.5. The largest absolute Gasteiger partial charge is 0.488 e. The third-order valence-corrected chi connectivity index (χ3v) is 4.08. The molecule has 18 heavy (non-hydrogen) atoms. The van der Waals surface area contributed by atoms with Crippen LogP contribution in [0.15, 0.2) is 54.6 Å². The van der Waals surface area contributed by atoms with Crippen LogP contribution in [0.1, 0.15) is 0 Å². The molecule has 0 atom stereocenters. The van der Waals surface area contributed by atoms with Crippen LogP contribution in [-0.4, -0.2) is 17.2 Å². The standard InChI is InChI=1S/C14H11BO2S/c16-15(17)12-7-5-10(6-8-12)14-9-11-3-1-2-4-13(11)18-14/h1-9,16-17H. The first-order valence-electron chi connectivity index (χ1n) is 5.69. The summed E-state index contributed by atoms with van der Waals surface area (Å²) in [5, 5.41) is 19.4. The number of benzene rings is 2. The van der Waals surface area contributed by atoms with E-state index >= 15 is 0 Å². The van der Waals surface area contributed by atoms with Crippen LogP contribution < -0.4 is 5.46 Å². The molecular weight excluding hydrogens is 243 g/mol. The van der Waals surface area contributed by atoms with E-state index in [0.29, 0.717) is 5.46 Å². The van der Waals surface area contributed by atoms with Gasteiger partial charge < -0.3 is 10.0 Å². The summed E-state index contributed by atoms with van der Waals surface area (Å²) >= 11 is 1.74. The van der Waals surface area contributed by atoms with E-state index in [1.807, 2.05) is 24.3 Å². The molecule has 1 heterocycles. The number of fused-ring (bicyclic) bond motifs is 1. The van der Waals surface area contributed by atoms with Gasteiger partial charge in [0.2, 0.25) is 0 Å². The van der Waals surface area contributed by atoms with Gasteiger partial charge in [-0.1, -0.05) is 42.5 Å². The SMILES string of the molecule is OB(O)c1ccc(-c2cc3ccccc3s2)cc1. The first-order chi connectivity index (χ1) is 8.74. The fourth-order valence-electron chi connectivity index (χ4n) is 1.94. The van der Waals surface area contributed by atoms with E-state index < -0.39 is 7.12 Å².